The fourth-order valence-corrected chi connectivity index (χ4v) is 2.12. The van der Waals surface area contributed by atoms with Crippen LogP contribution in [0.3, 0.4) is 0 Å². The number of anilines is 1. The highest BCUT2D eigenvalue weighted by molar-refractivity contribution is 6.17. The van der Waals surface area contributed by atoms with Gasteiger partial charge in [-0.25, -0.2) is 4.39 Å². The van der Waals surface area contributed by atoms with Gasteiger partial charge in [-0.15, -0.1) is 11.6 Å². The molecule has 0 N–H and O–H groups in total. The van der Waals surface area contributed by atoms with Gasteiger partial charge in [0.1, 0.15) is 5.82 Å². The smallest absolute Gasteiger partial charge is 0.146 e. The minimum atomic E-state index is -0.180. The molecule has 0 heterocycles. The maximum atomic E-state index is 13.9. The molecular formula is C13H19ClFN. The van der Waals surface area contributed by atoms with Crippen molar-refractivity contribution in [3.8, 4) is 0 Å². The fraction of sp³-hybridized carbons (Fsp3) is 0.538. The minimum absolute atomic E-state index is 0.180. The van der Waals surface area contributed by atoms with Crippen LogP contribution in [0.1, 0.15) is 32.8 Å². The number of halogens is 2. The third-order valence-corrected chi connectivity index (χ3v) is 3.25. The summed E-state index contributed by atoms with van der Waals surface area (Å²) in [7, 11) is 0. The number of alkyl halides is 1. The lowest BCUT2D eigenvalue weighted by molar-refractivity contribution is 0.581. The van der Waals surface area contributed by atoms with Crippen molar-refractivity contribution in [2.45, 2.75) is 39.1 Å². The van der Waals surface area contributed by atoms with E-state index in [-0.39, 0.29) is 5.82 Å². The summed E-state index contributed by atoms with van der Waals surface area (Å²) in [5, 5.41) is 0. The molecular weight excluding hydrogens is 225 g/mol. The summed E-state index contributed by atoms with van der Waals surface area (Å²) in [6, 6.07) is 5.41. The number of hydrogen-bond acceptors (Lipinski definition) is 1. The van der Waals surface area contributed by atoms with Gasteiger partial charge < -0.3 is 4.90 Å². The molecule has 16 heavy (non-hydrogen) atoms. The van der Waals surface area contributed by atoms with Crippen LogP contribution in [0.5, 0.6) is 0 Å². The molecule has 3 heteroatoms. The van der Waals surface area contributed by atoms with Gasteiger partial charge in [-0.1, -0.05) is 19.1 Å². The van der Waals surface area contributed by atoms with Gasteiger partial charge in [0.25, 0.3) is 0 Å². The highest BCUT2D eigenvalue weighted by Gasteiger charge is 2.18. The topological polar surface area (TPSA) is 3.24 Å². The molecule has 0 bridgehead atoms. The first-order valence-electron chi connectivity index (χ1n) is 5.75. The van der Waals surface area contributed by atoms with Crippen LogP contribution in [-0.4, -0.2) is 12.6 Å². The minimum Gasteiger partial charge on any atom is -0.366 e. The van der Waals surface area contributed by atoms with Gasteiger partial charge in [0.05, 0.1) is 5.69 Å². The molecule has 1 aromatic rings. The normalized spacial score (nSPS) is 12.6. The van der Waals surface area contributed by atoms with Crippen LogP contribution >= 0.6 is 11.6 Å². The SMILES string of the molecule is CCC(C)N(CC)c1c(F)cccc1CCl. The Morgan fingerprint density at radius 2 is 2.06 bits per heavy atom. The van der Waals surface area contributed by atoms with Gasteiger partial charge in [0.15, 0.2) is 0 Å². The maximum Gasteiger partial charge on any atom is 0.146 e. The van der Waals surface area contributed by atoms with Crippen LogP contribution in [-0.2, 0) is 5.88 Å². The highest BCUT2D eigenvalue weighted by atomic mass is 35.5. The molecule has 1 nitrogen and oxygen atoms in total. The number of para-hydroxylation sites is 1. The third kappa shape index (κ3) is 2.67. The van der Waals surface area contributed by atoms with Gasteiger partial charge in [-0.05, 0) is 31.9 Å². The third-order valence-electron chi connectivity index (χ3n) is 2.97. The van der Waals surface area contributed by atoms with Crippen molar-refractivity contribution in [3.63, 3.8) is 0 Å². The lowest BCUT2D eigenvalue weighted by Gasteiger charge is -2.31. The summed E-state index contributed by atoms with van der Waals surface area (Å²) >= 11 is 5.86. The molecule has 0 aliphatic carbocycles. The first kappa shape index (κ1) is 13.3. The fourth-order valence-electron chi connectivity index (χ4n) is 1.90. The molecule has 90 valence electrons. The quantitative estimate of drug-likeness (QED) is 0.701. The van der Waals surface area contributed by atoms with Crippen LogP contribution < -0.4 is 4.90 Å². The Hall–Kier alpha value is -0.760. The van der Waals surface area contributed by atoms with Crippen molar-refractivity contribution in [2.75, 3.05) is 11.4 Å². The molecule has 1 atom stereocenters. The highest BCUT2D eigenvalue weighted by Crippen LogP contribution is 2.28. The molecule has 0 aliphatic heterocycles. The molecule has 0 aliphatic rings. The zero-order valence-electron chi connectivity index (χ0n) is 10.1. The van der Waals surface area contributed by atoms with Gasteiger partial charge >= 0.3 is 0 Å². The number of nitrogens with zero attached hydrogens (tertiary/aromatic N) is 1. The maximum absolute atomic E-state index is 13.9. The number of hydrogen-bond donors (Lipinski definition) is 0. The lowest BCUT2D eigenvalue weighted by Crippen LogP contribution is -2.33. The van der Waals surface area contributed by atoms with Crippen molar-refractivity contribution < 1.29 is 4.39 Å². The van der Waals surface area contributed by atoms with Gasteiger partial charge in [-0.3, -0.25) is 0 Å². The molecule has 1 unspecified atom stereocenters. The van der Waals surface area contributed by atoms with Crippen molar-refractivity contribution in [1.82, 2.24) is 0 Å². The summed E-state index contributed by atoms with van der Waals surface area (Å²) < 4.78 is 13.9. The van der Waals surface area contributed by atoms with E-state index in [2.05, 4.69) is 18.7 Å². The van der Waals surface area contributed by atoms with E-state index in [9.17, 15) is 4.39 Å². The molecule has 1 aromatic carbocycles. The first-order chi connectivity index (χ1) is 7.65. The van der Waals surface area contributed by atoms with E-state index in [4.69, 9.17) is 11.6 Å². The van der Waals surface area contributed by atoms with Crippen LogP contribution in [0.25, 0.3) is 0 Å². The Balaban J connectivity index is 3.17. The van der Waals surface area contributed by atoms with Crippen LogP contribution in [0.4, 0.5) is 10.1 Å². The average molecular weight is 244 g/mol. The van der Waals surface area contributed by atoms with Crippen LogP contribution in [0, 0.1) is 5.82 Å². The standard InChI is InChI=1S/C13H19ClFN/c1-4-10(3)16(5-2)13-11(9-14)7-6-8-12(13)15/h6-8,10H,4-5,9H2,1-3H3. The van der Waals surface area contributed by atoms with E-state index >= 15 is 0 Å². The lowest BCUT2D eigenvalue weighted by atomic mass is 10.1. The summed E-state index contributed by atoms with van der Waals surface area (Å²) in [6.45, 7) is 7.04. The Kier molecular flexibility index (Phi) is 5.07. The second kappa shape index (κ2) is 6.09. The molecule has 0 radical (unpaired) electrons. The summed E-state index contributed by atoms with van der Waals surface area (Å²) in [5.74, 6) is 0.167. The number of rotatable bonds is 5. The molecule has 0 saturated heterocycles. The van der Waals surface area contributed by atoms with Gasteiger partial charge in [0.2, 0.25) is 0 Å². The van der Waals surface area contributed by atoms with Crippen molar-refractivity contribution in [3.05, 3.63) is 29.6 Å². The van der Waals surface area contributed by atoms with E-state index in [0.29, 0.717) is 17.6 Å². The zero-order chi connectivity index (χ0) is 12.1. The Labute approximate surface area is 102 Å². The molecule has 1 rings (SSSR count). The zero-order valence-corrected chi connectivity index (χ0v) is 10.9. The van der Waals surface area contributed by atoms with Crippen molar-refractivity contribution >= 4 is 17.3 Å². The summed E-state index contributed by atoms with van der Waals surface area (Å²) in [4.78, 5) is 2.08. The van der Waals surface area contributed by atoms with E-state index in [1.54, 1.807) is 6.07 Å². The molecule has 0 amide bonds. The largest absolute Gasteiger partial charge is 0.366 e. The average Bonchev–Trinajstić information content (AvgIpc) is 2.31. The van der Waals surface area contributed by atoms with Gasteiger partial charge in [-0.2, -0.15) is 0 Å². The van der Waals surface area contributed by atoms with E-state index in [1.165, 1.54) is 6.07 Å². The number of benzene rings is 1. The second-order valence-electron chi connectivity index (χ2n) is 3.92. The van der Waals surface area contributed by atoms with Crippen LogP contribution in [0.2, 0.25) is 0 Å². The summed E-state index contributed by atoms with van der Waals surface area (Å²) in [5.41, 5.74) is 1.53. The van der Waals surface area contributed by atoms with Crippen molar-refractivity contribution in [1.29, 1.82) is 0 Å². The predicted octanol–water partition coefficient (Wildman–Crippen LogP) is 4.19. The van der Waals surface area contributed by atoms with E-state index in [0.717, 1.165) is 18.5 Å². The molecule has 0 spiro atoms. The Morgan fingerprint density at radius 1 is 1.38 bits per heavy atom. The van der Waals surface area contributed by atoms with E-state index in [1.807, 2.05) is 13.0 Å². The van der Waals surface area contributed by atoms with Crippen LogP contribution in [0.15, 0.2) is 18.2 Å². The summed E-state index contributed by atoms with van der Waals surface area (Å²) in [6.07, 6.45) is 0.990. The second-order valence-corrected chi connectivity index (χ2v) is 4.19. The molecule has 0 fully saturated rings. The van der Waals surface area contributed by atoms with Crippen molar-refractivity contribution in [2.24, 2.45) is 0 Å². The Morgan fingerprint density at radius 3 is 2.56 bits per heavy atom. The Bertz CT molecular complexity index is 341. The van der Waals surface area contributed by atoms with Gasteiger partial charge in [0, 0.05) is 18.5 Å². The van der Waals surface area contributed by atoms with E-state index < -0.39 is 0 Å². The monoisotopic (exact) mass is 243 g/mol. The molecule has 0 aromatic heterocycles. The first-order valence-corrected chi connectivity index (χ1v) is 6.29. The predicted molar refractivity (Wildman–Crippen MR) is 68.7 cm³/mol. The molecule has 0 saturated carbocycles.